The van der Waals surface area contributed by atoms with Crippen LogP contribution in [0.2, 0.25) is 0 Å². The van der Waals surface area contributed by atoms with Crippen molar-refractivity contribution < 1.29 is 9.90 Å². The van der Waals surface area contributed by atoms with Crippen LogP contribution in [0.15, 0.2) is 5.38 Å². The zero-order valence-corrected chi connectivity index (χ0v) is 11.9. The summed E-state index contributed by atoms with van der Waals surface area (Å²) in [4.78, 5) is 18.0. The van der Waals surface area contributed by atoms with Crippen molar-refractivity contribution in [3.63, 3.8) is 0 Å². The highest BCUT2D eigenvalue weighted by molar-refractivity contribution is 7.09. The summed E-state index contributed by atoms with van der Waals surface area (Å²) in [6.07, 6.45) is 1.80. The Balaban J connectivity index is 1.79. The summed E-state index contributed by atoms with van der Waals surface area (Å²) >= 11 is 7.15. The van der Waals surface area contributed by atoms with E-state index in [2.05, 4.69) is 4.98 Å². The Labute approximate surface area is 116 Å². The molecule has 1 aromatic rings. The first-order chi connectivity index (χ1) is 8.58. The number of aromatic nitrogens is 1. The SMILES string of the molecule is CN(CC1CC(O)C1)C(=O)Cc1nc(CCl)cs1. The number of carbonyl (C=O) groups is 1. The molecule has 1 aliphatic carbocycles. The molecular formula is C12H17ClN2O2S. The lowest BCUT2D eigenvalue weighted by molar-refractivity contribution is -0.130. The number of nitrogens with zero attached hydrogens (tertiary/aromatic N) is 2. The van der Waals surface area contributed by atoms with Crippen LogP contribution in [-0.2, 0) is 17.1 Å². The maximum absolute atomic E-state index is 12.0. The Kier molecular flexibility index (Phi) is 4.59. The van der Waals surface area contributed by atoms with Gasteiger partial charge in [-0.15, -0.1) is 22.9 Å². The lowest BCUT2D eigenvalue weighted by Gasteiger charge is -2.34. The van der Waals surface area contributed by atoms with Crippen molar-refractivity contribution in [3.05, 3.63) is 16.1 Å². The molecule has 1 amide bonds. The molecule has 1 N–H and O–H groups in total. The second-order valence-electron chi connectivity index (χ2n) is 4.81. The molecule has 0 aliphatic heterocycles. The normalized spacial score (nSPS) is 22.6. The number of likely N-dealkylation sites (N-methyl/N-ethyl adjacent to an activating group) is 1. The van der Waals surface area contributed by atoms with E-state index in [-0.39, 0.29) is 12.0 Å². The monoisotopic (exact) mass is 288 g/mol. The fourth-order valence-corrected chi connectivity index (χ4v) is 3.11. The van der Waals surface area contributed by atoms with E-state index in [1.165, 1.54) is 11.3 Å². The number of amides is 1. The molecule has 100 valence electrons. The van der Waals surface area contributed by atoms with Gasteiger partial charge in [0.1, 0.15) is 5.01 Å². The second kappa shape index (κ2) is 5.99. The number of halogens is 1. The molecule has 1 aliphatic rings. The van der Waals surface area contributed by atoms with E-state index in [0.29, 0.717) is 18.2 Å². The van der Waals surface area contributed by atoms with Crippen molar-refractivity contribution in [1.29, 1.82) is 0 Å². The number of hydrogen-bond donors (Lipinski definition) is 1. The van der Waals surface area contributed by atoms with Crippen molar-refractivity contribution in [2.75, 3.05) is 13.6 Å². The highest BCUT2D eigenvalue weighted by atomic mass is 35.5. The molecule has 0 spiro atoms. The first-order valence-corrected chi connectivity index (χ1v) is 7.41. The maximum Gasteiger partial charge on any atom is 0.229 e. The van der Waals surface area contributed by atoms with Crippen LogP contribution >= 0.6 is 22.9 Å². The fourth-order valence-electron chi connectivity index (χ4n) is 2.09. The van der Waals surface area contributed by atoms with Crippen LogP contribution in [0.5, 0.6) is 0 Å². The van der Waals surface area contributed by atoms with Gasteiger partial charge in [-0.1, -0.05) is 0 Å². The van der Waals surface area contributed by atoms with Crippen molar-refractivity contribution in [2.45, 2.75) is 31.2 Å². The number of alkyl halides is 1. The zero-order valence-electron chi connectivity index (χ0n) is 10.3. The highest BCUT2D eigenvalue weighted by Gasteiger charge is 2.29. The van der Waals surface area contributed by atoms with Gasteiger partial charge in [0.2, 0.25) is 5.91 Å². The quantitative estimate of drug-likeness (QED) is 0.838. The van der Waals surface area contributed by atoms with Gasteiger partial charge in [0.05, 0.1) is 24.1 Å². The highest BCUT2D eigenvalue weighted by Crippen LogP contribution is 2.27. The largest absolute Gasteiger partial charge is 0.393 e. The molecular weight excluding hydrogens is 272 g/mol. The van der Waals surface area contributed by atoms with Crippen LogP contribution in [0, 0.1) is 5.92 Å². The predicted octanol–water partition coefficient (Wildman–Crippen LogP) is 1.65. The number of aliphatic hydroxyl groups is 1. The molecule has 18 heavy (non-hydrogen) atoms. The van der Waals surface area contributed by atoms with E-state index in [0.717, 1.165) is 30.1 Å². The van der Waals surface area contributed by atoms with Gasteiger partial charge in [0, 0.05) is 19.0 Å². The average molecular weight is 289 g/mol. The Morgan fingerprint density at radius 1 is 1.67 bits per heavy atom. The molecule has 1 aromatic heterocycles. The maximum atomic E-state index is 12.0. The van der Waals surface area contributed by atoms with E-state index in [4.69, 9.17) is 11.6 Å². The van der Waals surface area contributed by atoms with Crippen molar-refractivity contribution in [3.8, 4) is 0 Å². The lowest BCUT2D eigenvalue weighted by Crippen LogP contribution is -2.40. The third-order valence-corrected chi connectivity index (χ3v) is 4.38. The Bertz CT molecular complexity index is 418. The third-order valence-electron chi connectivity index (χ3n) is 3.21. The van der Waals surface area contributed by atoms with Crippen LogP contribution in [0.3, 0.4) is 0 Å². The smallest absolute Gasteiger partial charge is 0.229 e. The number of carbonyl (C=O) groups excluding carboxylic acids is 1. The molecule has 1 saturated carbocycles. The molecule has 2 rings (SSSR count). The van der Waals surface area contributed by atoms with Crippen LogP contribution in [0.1, 0.15) is 23.5 Å². The van der Waals surface area contributed by atoms with Crippen molar-refractivity contribution >= 4 is 28.8 Å². The average Bonchev–Trinajstić information content (AvgIpc) is 2.74. The molecule has 4 nitrogen and oxygen atoms in total. The summed E-state index contributed by atoms with van der Waals surface area (Å²) in [6.45, 7) is 0.726. The van der Waals surface area contributed by atoms with Crippen molar-refractivity contribution in [1.82, 2.24) is 9.88 Å². The topological polar surface area (TPSA) is 53.4 Å². The molecule has 0 bridgehead atoms. The molecule has 6 heteroatoms. The van der Waals surface area contributed by atoms with Gasteiger partial charge in [-0.05, 0) is 18.8 Å². The number of rotatable bonds is 5. The summed E-state index contributed by atoms with van der Waals surface area (Å²) < 4.78 is 0. The summed E-state index contributed by atoms with van der Waals surface area (Å²) in [5.41, 5.74) is 0.828. The minimum Gasteiger partial charge on any atom is -0.393 e. The van der Waals surface area contributed by atoms with Gasteiger partial charge in [-0.2, -0.15) is 0 Å². The first kappa shape index (κ1) is 13.8. The first-order valence-electron chi connectivity index (χ1n) is 5.99. The Hall–Kier alpha value is -0.650. The molecule has 0 radical (unpaired) electrons. The molecule has 0 aromatic carbocycles. The van der Waals surface area contributed by atoms with Gasteiger partial charge < -0.3 is 10.0 Å². The van der Waals surface area contributed by atoms with E-state index in [9.17, 15) is 9.90 Å². The standard InChI is InChI=1S/C12H17ClN2O2S/c1-15(6-8-2-10(16)3-8)12(17)4-11-14-9(5-13)7-18-11/h7-8,10,16H,2-6H2,1H3. The number of hydrogen-bond acceptors (Lipinski definition) is 4. The van der Waals surface area contributed by atoms with E-state index in [1.54, 1.807) is 4.90 Å². The van der Waals surface area contributed by atoms with Gasteiger partial charge in [-0.3, -0.25) is 4.79 Å². The third kappa shape index (κ3) is 3.43. The molecule has 0 unspecified atom stereocenters. The van der Waals surface area contributed by atoms with Gasteiger partial charge >= 0.3 is 0 Å². The summed E-state index contributed by atoms with van der Waals surface area (Å²) in [7, 11) is 1.81. The van der Waals surface area contributed by atoms with Crippen LogP contribution in [0.25, 0.3) is 0 Å². The summed E-state index contributed by atoms with van der Waals surface area (Å²) in [5.74, 6) is 0.913. The minimum absolute atomic E-state index is 0.0758. The van der Waals surface area contributed by atoms with Crippen LogP contribution in [0.4, 0.5) is 0 Å². The number of aliphatic hydroxyl groups excluding tert-OH is 1. The molecule has 1 fully saturated rings. The fraction of sp³-hybridized carbons (Fsp3) is 0.667. The summed E-state index contributed by atoms with van der Waals surface area (Å²) in [6, 6.07) is 0. The van der Waals surface area contributed by atoms with Crippen LogP contribution in [-0.4, -0.2) is 40.6 Å². The summed E-state index contributed by atoms with van der Waals surface area (Å²) in [5, 5.41) is 11.9. The minimum atomic E-state index is -0.163. The van der Waals surface area contributed by atoms with Gasteiger partial charge in [0.25, 0.3) is 0 Å². The van der Waals surface area contributed by atoms with Crippen LogP contribution < -0.4 is 0 Å². The molecule has 0 saturated heterocycles. The van der Waals surface area contributed by atoms with Gasteiger partial charge in [0.15, 0.2) is 0 Å². The Morgan fingerprint density at radius 2 is 2.39 bits per heavy atom. The van der Waals surface area contributed by atoms with E-state index in [1.807, 2.05) is 12.4 Å². The Morgan fingerprint density at radius 3 is 2.94 bits per heavy atom. The second-order valence-corrected chi connectivity index (χ2v) is 6.02. The van der Waals surface area contributed by atoms with E-state index < -0.39 is 0 Å². The predicted molar refractivity (Wildman–Crippen MR) is 71.7 cm³/mol. The molecule has 0 atom stereocenters. The lowest BCUT2D eigenvalue weighted by atomic mass is 9.82. The van der Waals surface area contributed by atoms with E-state index >= 15 is 0 Å². The van der Waals surface area contributed by atoms with Crippen molar-refractivity contribution in [2.24, 2.45) is 5.92 Å². The molecule has 1 heterocycles. The van der Waals surface area contributed by atoms with Gasteiger partial charge in [-0.25, -0.2) is 4.98 Å². The number of thiazole rings is 1. The zero-order chi connectivity index (χ0) is 13.1.